The van der Waals surface area contributed by atoms with Gasteiger partial charge in [-0.2, -0.15) is 5.10 Å². The van der Waals surface area contributed by atoms with Crippen LogP contribution in [0.25, 0.3) is 0 Å². The summed E-state index contributed by atoms with van der Waals surface area (Å²) in [7, 11) is 1.98. The molecule has 0 bridgehead atoms. The molecule has 0 aromatic carbocycles. The fourth-order valence-corrected chi connectivity index (χ4v) is 2.93. The Bertz CT molecular complexity index is 424. The molecule has 19 heavy (non-hydrogen) atoms. The summed E-state index contributed by atoms with van der Waals surface area (Å²) >= 11 is 0. The van der Waals surface area contributed by atoms with Gasteiger partial charge in [-0.3, -0.25) is 4.68 Å². The molecular weight excluding hydrogens is 236 g/mol. The van der Waals surface area contributed by atoms with E-state index in [2.05, 4.69) is 31.2 Å². The number of aromatic nitrogens is 2. The summed E-state index contributed by atoms with van der Waals surface area (Å²) in [6.45, 7) is 6.88. The van der Waals surface area contributed by atoms with E-state index >= 15 is 0 Å². The number of hydrogen-bond donors (Lipinski definition) is 2. The Labute approximate surface area is 116 Å². The highest BCUT2D eigenvalue weighted by atomic mass is 15.3. The number of nitrogens with zero attached hydrogens (tertiary/aromatic N) is 2. The molecule has 0 amide bonds. The van der Waals surface area contributed by atoms with E-state index in [1.54, 1.807) is 0 Å². The molecule has 0 aliphatic heterocycles. The molecule has 4 nitrogen and oxygen atoms in total. The maximum atomic E-state index is 6.21. The summed E-state index contributed by atoms with van der Waals surface area (Å²) < 4.78 is 1.90. The first-order valence-corrected chi connectivity index (χ1v) is 7.51. The average molecular weight is 264 g/mol. The topological polar surface area (TPSA) is 55.9 Å². The fourth-order valence-electron chi connectivity index (χ4n) is 2.93. The predicted molar refractivity (Wildman–Crippen MR) is 81.3 cm³/mol. The first kappa shape index (κ1) is 14.2. The summed E-state index contributed by atoms with van der Waals surface area (Å²) in [5.41, 5.74) is 8.59. The molecule has 0 spiro atoms. The molecule has 1 aliphatic carbocycles. The summed E-state index contributed by atoms with van der Waals surface area (Å²) in [6, 6.07) is 0.542. The van der Waals surface area contributed by atoms with Gasteiger partial charge in [0.15, 0.2) is 0 Å². The fraction of sp³-hybridized carbons (Fsp3) is 0.800. The quantitative estimate of drug-likeness (QED) is 0.877. The third-order valence-electron chi connectivity index (χ3n) is 4.33. The molecule has 1 heterocycles. The zero-order chi connectivity index (χ0) is 14.0. The molecule has 4 heteroatoms. The zero-order valence-corrected chi connectivity index (χ0v) is 12.8. The van der Waals surface area contributed by atoms with Crippen molar-refractivity contribution in [1.82, 2.24) is 9.78 Å². The average Bonchev–Trinajstić information content (AvgIpc) is 2.60. The van der Waals surface area contributed by atoms with Crippen LogP contribution in [0, 0.1) is 5.41 Å². The second-order valence-corrected chi connectivity index (χ2v) is 6.67. The minimum atomic E-state index is 0.504. The Balaban J connectivity index is 2.03. The van der Waals surface area contributed by atoms with Crippen LogP contribution in [-0.4, -0.2) is 15.8 Å². The molecule has 2 rings (SSSR count). The molecule has 0 saturated heterocycles. The maximum Gasteiger partial charge on any atom is 0.147 e. The van der Waals surface area contributed by atoms with E-state index in [9.17, 15) is 0 Å². The zero-order valence-electron chi connectivity index (χ0n) is 12.8. The van der Waals surface area contributed by atoms with Gasteiger partial charge in [0.2, 0.25) is 0 Å². The Morgan fingerprint density at radius 2 is 2.00 bits per heavy atom. The minimum absolute atomic E-state index is 0.504. The lowest BCUT2D eigenvalue weighted by Crippen LogP contribution is -2.30. The highest BCUT2D eigenvalue weighted by Crippen LogP contribution is 2.36. The molecule has 108 valence electrons. The summed E-state index contributed by atoms with van der Waals surface area (Å²) in [6.07, 6.45) is 7.05. The summed E-state index contributed by atoms with van der Waals surface area (Å²) in [4.78, 5) is 0. The van der Waals surface area contributed by atoms with E-state index in [0.717, 1.165) is 30.0 Å². The van der Waals surface area contributed by atoms with Crippen molar-refractivity contribution in [3.05, 3.63) is 5.69 Å². The first-order valence-electron chi connectivity index (χ1n) is 7.51. The van der Waals surface area contributed by atoms with Gasteiger partial charge in [0.25, 0.3) is 0 Å². The van der Waals surface area contributed by atoms with Gasteiger partial charge in [0, 0.05) is 13.1 Å². The molecule has 1 aromatic heterocycles. The normalized spacial score (nSPS) is 19.6. The number of aryl methyl sites for hydroxylation is 2. The van der Waals surface area contributed by atoms with Crippen molar-refractivity contribution >= 4 is 11.5 Å². The molecule has 0 unspecified atom stereocenters. The third-order valence-corrected chi connectivity index (χ3v) is 4.33. The Morgan fingerprint density at radius 1 is 1.37 bits per heavy atom. The van der Waals surface area contributed by atoms with Gasteiger partial charge in [-0.25, -0.2) is 0 Å². The van der Waals surface area contributed by atoms with Crippen molar-refractivity contribution in [2.75, 3.05) is 11.1 Å². The van der Waals surface area contributed by atoms with E-state index in [1.165, 1.54) is 25.7 Å². The summed E-state index contributed by atoms with van der Waals surface area (Å²) in [5.74, 6) is 1.01. The van der Waals surface area contributed by atoms with Crippen LogP contribution in [0.2, 0.25) is 0 Å². The van der Waals surface area contributed by atoms with Crippen molar-refractivity contribution in [2.45, 2.75) is 65.3 Å². The standard InChI is InChI=1S/C15H28N4/c1-5-6-12-13(16)14(19(4)18-12)17-11-7-9-15(2,3)10-8-11/h11,17H,5-10,16H2,1-4H3. The van der Waals surface area contributed by atoms with Crippen LogP contribution >= 0.6 is 0 Å². The van der Waals surface area contributed by atoms with Gasteiger partial charge in [-0.05, 0) is 37.5 Å². The second-order valence-electron chi connectivity index (χ2n) is 6.67. The molecule has 1 saturated carbocycles. The van der Waals surface area contributed by atoms with Crippen molar-refractivity contribution in [2.24, 2.45) is 12.5 Å². The van der Waals surface area contributed by atoms with Gasteiger partial charge in [0.05, 0.1) is 11.4 Å². The van der Waals surface area contributed by atoms with Crippen LogP contribution in [0.15, 0.2) is 0 Å². The van der Waals surface area contributed by atoms with Gasteiger partial charge in [-0.1, -0.05) is 27.2 Å². The van der Waals surface area contributed by atoms with E-state index in [-0.39, 0.29) is 0 Å². The van der Waals surface area contributed by atoms with Gasteiger partial charge in [-0.15, -0.1) is 0 Å². The minimum Gasteiger partial charge on any atom is -0.394 e. The van der Waals surface area contributed by atoms with Crippen molar-refractivity contribution in [1.29, 1.82) is 0 Å². The van der Waals surface area contributed by atoms with Crippen LogP contribution in [0.1, 0.15) is 58.6 Å². The van der Waals surface area contributed by atoms with Gasteiger partial charge in [0.1, 0.15) is 5.82 Å². The van der Waals surface area contributed by atoms with E-state index < -0.39 is 0 Å². The van der Waals surface area contributed by atoms with Crippen molar-refractivity contribution in [3.8, 4) is 0 Å². The number of nitrogens with two attached hydrogens (primary N) is 1. The molecule has 1 aromatic rings. The molecule has 0 atom stereocenters. The number of hydrogen-bond acceptors (Lipinski definition) is 3. The number of rotatable bonds is 4. The lowest BCUT2D eigenvalue weighted by Gasteiger charge is -2.35. The monoisotopic (exact) mass is 264 g/mol. The van der Waals surface area contributed by atoms with Crippen molar-refractivity contribution in [3.63, 3.8) is 0 Å². The predicted octanol–water partition coefficient (Wildman–Crippen LogP) is 3.34. The van der Waals surface area contributed by atoms with Crippen LogP contribution < -0.4 is 11.1 Å². The largest absolute Gasteiger partial charge is 0.394 e. The molecule has 1 fully saturated rings. The lowest BCUT2D eigenvalue weighted by atomic mass is 9.75. The van der Waals surface area contributed by atoms with Crippen LogP contribution in [0.4, 0.5) is 11.5 Å². The van der Waals surface area contributed by atoms with Gasteiger partial charge >= 0.3 is 0 Å². The van der Waals surface area contributed by atoms with E-state index in [0.29, 0.717) is 11.5 Å². The number of anilines is 2. The van der Waals surface area contributed by atoms with Crippen LogP contribution in [0.3, 0.4) is 0 Å². The highest BCUT2D eigenvalue weighted by Gasteiger charge is 2.27. The Hall–Kier alpha value is -1.19. The van der Waals surface area contributed by atoms with Crippen LogP contribution in [-0.2, 0) is 13.5 Å². The van der Waals surface area contributed by atoms with E-state index in [4.69, 9.17) is 5.73 Å². The number of nitrogen functional groups attached to an aromatic ring is 1. The maximum absolute atomic E-state index is 6.21. The molecule has 3 N–H and O–H groups in total. The second kappa shape index (κ2) is 5.43. The van der Waals surface area contributed by atoms with Crippen molar-refractivity contribution < 1.29 is 0 Å². The van der Waals surface area contributed by atoms with E-state index in [1.807, 2.05) is 11.7 Å². The Kier molecular flexibility index (Phi) is 4.07. The number of nitrogens with one attached hydrogen (secondary N) is 1. The van der Waals surface area contributed by atoms with Crippen LogP contribution in [0.5, 0.6) is 0 Å². The molecule has 1 aliphatic rings. The Morgan fingerprint density at radius 3 is 2.58 bits per heavy atom. The smallest absolute Gasteiger partial charge is 0.147 e. The third kappa shape index (κ3) is 3.23. The summed E-state index contributed by atoms with van der Waals surface area (Å²) in [5, 5.41) is 8.13. The van der Waals surface area contributed by atoms with Gasteiger partial charge < -0.3 is 11.1 Å². The highest BCUT2D eigenvalue weighted by molar-refractivity contribution is 5.65. The SMILES string of the molecule is CCCc1nn(C)c(NC2CCC(C)(C)CC2)c1N. The first-order chi connectivity index (χ1) is 8.93. The molecule has 0 radical (unpaired) electrons. The lowest BCUT2D eigenvalue weighted by molar-refractivity contribution is 0.232. The molecular formula is C15H28N4.